The summed E-state index contributed by atoms with van der Waals surface area (Å²) in [6.07, 6.45) is -4.83. The maximum atomic E-state index is 15.5. The molecule has 1 aliphatic rings. The number of methoxy groups -OCH3 is 1. The number of thioether (sulfide) groups is 1. The van der Waals surface area contributed by atoms with Crippen molar-refractivity contribution in [2.24, 2.45) is 16.1 Å². The minimum Gasteiger partial charge on any atom is -0.497 e. The van der Waals surface area contributed by atoms with Crippen molar-refractivity contribution in [3.05, 3.63) is 137 Å². The fourth-order valence-electron chi connectivity index (χ4n) is 6.71. The normalized spacial score (nSPS) is 17.6. The molecule has 5 rings (SSSR count). The second-order valence-electron chi connectivity index (χ2n) is 13.5. The van der Waals surface area contributed by atoms with Crippen molar-refractivity contribution in [3.63, 3.8) is 0 Å². The van der Waals surface area contributed by atoms with E-state index in [1.807, 2.05) is 48.3 Å². The Kier molecular flexibility index (Phi) is 15.0. The van der Waals surface area contributed by atoms with Crippen molar-refractivity contribution in [3.8, 4) is 5.75 Å². The van der Waals surface area contributed by atoms with Crippen molar-refractivity contribution in [1.82, 2.24) is 4.90 Å². The molecule has 0 aromatic heterocycles. The summed E-state index contributed by atoms with van der Waals surface area (Å²) in [6.45, 7) is 4.33. The molecule has 1 amide bonds. The molecule has 4 aromatic rings. The van der Waals surface area contributed by atoms with E-state index in [0.717, 1.165) is 45.0 Å². The predicted molar refractivity (Wildman–Crippen MR) is 220 cm³/mol. The van der Waals surface area contributed by atoms with Gasteiger partial charge in [-0.15, -0.1) is 0 Å². The van der Waals surface area contributed by atoms with Crippen LogP contribution in [0.25, 0.3) is 0 Å². The molecule has 0 unspecified atom stereocenters. The molecule has 0 fully saturated rings. The quantitative estimate of drug-likeness (QED) is 0.0640. The first kappa shape index (κ1) is 43.6. The molecule has 0 spiro atoms. The summed E-state index contributed by atoms with van der Waals surface area (Å²) in [5, 5.41) is 13.0. The highest BCUT2D eigenvalue weighted by Crippen LogP contribution is 2.60. The molecule has 5 atom stereocenters. The highest BCUT2D eigenvalue weighted by atomic mass is 32.2. The van der Waals surface area contributed by atoms with E-state index >= 15 is 4.79 Å². The maximum absolute atomic E-state index is 15.5. The minimum absolute atomic E-state index is 0.175. The average Bonchev–Trinajstić information content (AvgIpc) is 3.57. The van der Waals surface area contributed by atoms with Gasteiger partial charge in [0.1, 0.15) is 22.8 Å². The van der Waals surface area contributed by atoms with Gasteiger partial charge in [-0.3, -0.25) is 24.0 Å². The summed E-state index contributed by atoms with van der Waals surface area (Å²) in [5.41, 5.74) is 2.46. The molecule has 15 heteroatoms. The summed E-state index contributed by atoms with van der Waals surface area (Å²) >= 11 is 1.15. The first-order chi connectivity index (χ1) is 28.3. The molecule has 1 aliphatic heterocycles. The summed E-state index contributed by atoms with van der Waals surface area (Å²) < 4.78 is 26.7. The van der Waals surface area contributed by atoms with Crippen molar-refractivity contribution in [1.29, 1.82) is 0 Å². The van der Waals surface area contributed by atoms with Crippen LogP contribution in [-0.2, 0) is 54.2 Å². The van der Waals surface area contributed by atoms with Gasteiger partial charge in [-0.1, -0.05) is 90.6 Å². The van der Waals surface area contributed by atoms with Crippen LogP contribution in [0.2, 0.25) is 0 Å². The Labute approximate surface area is 346 Å². The van der Waals surface area contributed by atoms with Gasteiger partial charge in [-0.2, -0.15) is 10.2 Å². The van der Waals surface area contributed by atoms with Crippen molar-refractivity contribution in [2.45, 2.75) is 57.3 Å². The number of rotatable bonds is 17. The van der Waals surface area contributed by atoms with Crippen LogP contribution in [0.4, 0.5) is 11.4 Å². The van der Waals surface area contributed by atoms with Crippen LogP contribution in [0, 0.1) is 5.92 Å². The van der Waals surface area contributed by atoms with E-state index in [2.05, 4.69) is 10.4 Å². The Hall–Kier alpha value is -6.48. The molecule has 0 saturated heterocycles. The summed E-state index contributed by atoms with van der Waals surface area (Å²) in [4.78, 5) is 68.6. The van der Waals surface area contributed by atoms with E-state index in [0.29, 0.717) is 34.3 Å². The van der Waals surface area contributed by atoms with Gasteiger partial charge in [0, 0.05) is 47.0 Å². The zero-order valence-corrected chi connectivity index (χ0v) is 34.3. The molecule has 14 nitrogen and oxygen atoms in total. The van der Waals surface area contributed by atoms with Crippen molar-refractivity contribution >= 4 is 52.9 Å². The molecule has 59 heavy (non-hydrogen) atoms. The molecule has 0 aliphatic carbocycles. The van der Waals surface area contributed by atoms with E-state index < -0.39 is 65.4 Å². The number of carbonyl (C=O) groups is 5. The van der Waals surface area contributed by atoms with Gasteiger partial charge in [0.05, 0.1) is 23.7 Å². The number of carbonyl (C=O) groups excluding carboxylic acids is 5. The van der Waals surface area contributed by atoms with E-state index in [4.69, 9.17) is 28.8 Å². The second kappa shape index (κ2) is 20.3. The zero-order chi connectivity index (χ0) is 42.5. The lowest BCUT2D eigenvalue weighted by Gasteiger charge is -2.41. The lowest BCUT2D eigenvalue weighted by molar-refractivity contribution is -0.193. The third-order valence-electron chi connectivity index (χ3n) is 9.13. The zero-order valence-electron chi connectivity index (χ0n) is 33.5. The third kappa shape index (κ3) is 11.1. The number of ether oxygens (including phenoxy) is 5. The Bertz CT molecular complexity index is 2150. The highest BCUT2D eigenvalue weighted by Gasteiger charge is 2.63. The molecule has 0 bridgehead atoms. The van der Waals surface area contributed by atoms with Gasteiger partial charge < -0.3 is 33.9 Å². The van der Waals surface area contributed by atoms with Gasteiger partial charge in [0.2, 0.25) is 5.91 Å². The second-order valence-corrected chi connectivity index (χ2v) is 14.8. The van der Waals surface area contributed by atoms with Crippen LogP contribution in [0.5, 0.6) is 5.75 Å². The molecule has 4 aromatic carbocycles. The fraction of sp³-hybridized carbons (Fsp3) is 0.295. The predicted octanol–water partition coefficient (Wildman–Crippen LogP) is 7.34. The van der Waals surface area contributed by atoms with E-state index in [9.17, 15) is 19.2 Å². The van der Waals surface area contributed by atoms with Crippen molar-refractivity contribution < 1.29 is 47.7 Å². The first-order valence-electron chi connectivity index (χ1n) is 18.6. The molecule has 0 saturated carbocycles. The van der Waals surface area contributed by atoms with Gasteiger partial charge in [0.15, 0.2) is 18.3 Å². The number of benzene rings is 4. The smallest absolute Gasteiger partial charge is 0.303 e. The van der Waals surface area contributed by atoms with E-state index in [1.54, 1.807) is 86.0 Å². The van der Waals surface area contributed by atoms with Crippen LogP contribution in [0.3, 0.4) is 0 Å². The van der Waals surface area contributed by atoms with Crippen LogP contribution < -0.4 is 10.1 Å². The average molecular weight is 823 g/mol. The number of nitrogens with zero attached hydrogens (tertiary/aromatic N) is 3. The van der Waals surface area contributed by atoms with Gasteiger partial charge in [0.25, 0.3) is 0 Å². The number of para-hydroxylation sites is 1. The number of hydrogen-bond acceptors (Lipinski definition) is 14. The van der Waals surface area contributed by atoms with Gasteiger partial charge >= 0.3 is 23.9 Å². The third-order valence-corrected chi connectivity index (χ3v) is 10.8. The topological polar surface area (TPSA) is 171 Å². The highest BCUT2D eigenvalue weighted by molar-refractivity contribution is 8.04. The number of hydrogen-bond donors (Lipinski definition) is 1. The van der Waals surface area contributed by atoms with Crippen LogP contribution in [0.1, 0.15) is 38.8 Å². The number of anilines is 1. The number of esters is 4. The Morgan fingerprint density at radius 3 is 1.86 bits per heavy atom. The molecule has 1 heterocycles. The van der Waals surface area contributed by atoms with Crippen LogP contribution >= 0.6 is 11.8 Å². The first-order valence-corrected chi connectivity index (χ1v) is 19.4. The lowest BCUT2D eigenvalue weighted by Crippen LogP contribution is -2.56. The van der Waals surface area contributed by atoms with Gasteiger partial charge in [-0.05, 0) is 47.5 Å². The number of azo groups is 1. The molecular formula is C44H46N4O10S. The maximum Gasteiger partial charge on any atom is 0.303 e. The lowest BCUT2D eigenvalue weighted by atomic mass is 9.76. The van der Waals surface area contributed by atoms with E-state index in [-0.39, 0.29) is 5.70 Å². The number of nitrogens with one attached hydrogen (secondary N) is 1. The minimum atomic E-state index is -1.77. The van der Waals surface area contributed by atoms with Crippen LogP contribution in [0.15, 0.2) is 136 Å². The summed E-state index contributed by atoms with van der Waals surface area (Å²) in [5.74, 6) is -4.51. The van der Waals surface area contributed by atoms with Crippen molar-refractivity contribution in [2.75, 3.05) is 26.1 Å². The SMILES string of the molecule is COc1ccc(N=NC2=C(N(C)Cc3ccccc3)S[C@](C(=O)Nc3ccccc3)(c3ccccc3)[C@H]2[C@@H](OC(C)=O)[C@H](OC(C)=O)[C@@H](COC(C)=O)OC(C)=O)cc1. The molecular weight excluding hydrogens is 777 g/mol. The largest absolute Gasteiger partial charge is 0.497 e. The van der Waals surface area contributed by atoms with E-state index in [1.165, 1.54) is 0 Å². The standard InChI is InChI=1S/C44H46N4O10S/c1-28(49)55-27-37(56-29(2)50)40(57-30(3)51)41(58-31(4)52)38-39(47-46-35-22-24-36(54-6)25-23-35)42(48(5)26-32-16-10-7-11-17-32)59-44(38,33-18-12-8-13-19-33)43(53)45-34-20-14-9-15-21-34/h7-25,37-38,40-41H,26-27H2,1-6H3,(H,45,53)/t37-,38-,40-,41-,44-/m1/s1. The van der Waals surface area contributed by atoms with Crippen LogP contribution in [-0.4, -0.2) is 73.8 Å². The molecule has 308 valence electrons. The van der Waals surface area contributed by atoms with Gasteiger partial charge in [-0.25, -0.2) is 0 Å². The summed E-state index contributed by atoms with van der Waals surface area (Å²) in [6, 6.07) is 34.1. The Morgan fingerprint density at radius 2 is 1.31 bits per heavy atom. The number of amides is 1. The monoisotopic (exact) mass is 822 g/mol. The Morgan fingerprint density at radius 1 is 0.729 bits per heavy atom. The fourth-order valence-corrected chi connectivity index (χ4v) is 8.28. The summed E-state index contributed by atoms with van der Waals surface area (Å²) in [7, 11) is 3.37. The molecule has 0 radical (unpaired) electrons. The molecule has 1 N–H and O–H groups in total. The Balaban J connectivity index is 1.87.